The predicted molar refractivity (Wildman–Crippen MR) is 135 cm³/mol. The summed E-state index contributed by atoms with van der Waals surface area (Å²) in [6.45, 7) is 0. The van der Waals surface area contributed by atoms with Crippen LogP contribution in [0.3, 0.4) is 0 Å². The molecule has 4 aromatic carbocycles. The highest BCUT2D eigenvalue weighted by atomic mass is 16.1. The number of allylic oxidation sites excluding steroid dienone is 2. The fourth-order valence-corrected chi connectivity index (χ4v) is 3.76. The Bertz CT molecular complexity index is 1120. The third-order valence-electron chi connectivity index (χ3n) is 5.42. The molecule has 0 N–H and O–H groups in total. The van der Waals surface area contributed by atoms with E-state index in [4.69, 9.17) is 0 Å². The Morgan fingerprint density at radius 2 is 0.875 bits per heavy atom. The van der Waals surface area contributed by atoms with E-state index >= 15 is 0 Å². The normalized spacial score (nSPS) is 11.2. The maximum absolute atomic E-state index is 13.5. The molecule has 0 radical (unpaired) electrons. The summed E-state index contributed by atoms with van der Waals surface area (Å²) in [4.78, 5) is 13.5. The Morgan fingerprint density at radius 3 is 1.31 bits per heavy atom. The van der Waals surface area contributed by atoms with Crippen LogP contribution in [0.5, 0.6) is 0 Å². The zero-order valence-corrected chi connectivity index (χ0v) is 18.0. The number of ketones is 1. The van der Waals surface area contributed by atoms with E-state index in [1.54, 1.807) is 0 Å². The summed E-state index contributed by atoms with van der Waals surface area (Å²) in [6, 6.07) is 36.3. The van der Waals surface area contributed by atoms with Gasteiger partial charge in [-0.3, -0.25) is 4.79 Å². The van der Waals surface area contributed by atoms with Crippen molar-refractivity contribution in [3.8, 4) is 0 Å². The highest BCUT2D eigenvalue weighted by Crippen LogP contribution is 2.20. The van der Waals surface area contributed by atoms with Crippen molar-refractivity contribution in [2.75, 3.05) is 0 Å². The fourth-order valence-electron chi connectivity index (χ4n) is 3.76. The van der Waals surface area contributed by atoms with Crippen molar-refractivity contribution < 1.29 is 4.79 Å². The van der Waals surface area contributed by atoms with Crippen LogP contribution in [0.4, 0.5) is 0 Å². The summed E-state index contributed by atoms with van der Waals surface area (Å²) in [5.74, 6) is 0.0809. The van der Waals surface area contributed by atoms with Gasteiger partial charge in [-0.05, 0) is 35.1 Å². The van der Waals surface area contributed by atoms with E-state index in [2.05, 4.69) is 48.6 Å². The Kier molecular flexibility index (Phi) is 7.23. The van der Waals surface area contributed by atoms with Crippen molar-refractivity contribution in [3.63, 3.8) is 0 Å². The van der Waals surface area contributed by atoms with Crippen molar-refractivity contribution in [1.29, 1.82) is 0 Å². The molecule has 0 fully saturated rings. The maximum Gasteiger partial charge on any atom is 0.193 e. The number of hydrogen-bond acceptors (Lipinski definition) is 1. The first-order chi connectivity index (χ1) is 15.8. The third kappa shape index (κ3) is 5.59. The highest BCUT2D eigenvalue weighted by molar-refractivity contribution is 6.10. The number of hydrogen-bond donors (Lipinski definition) is 0. The molecule has 1 nitrogen and oxygen atoms in total. The van der Waals surface area contributed by atoms with Crippen molar-refractivity contribution in [1.82, 2.24) is 0 Å². The summed E-state index contributed by atoms with van der Waals surface area (Å²) >= 11 is 0. The van der Waals surface area contributed by atoms with E-state index in [0.717, 1.165) is 33.4 Å². The average Bonchev–Trinajstić information content (AvgIpc) is 2.86. The van der Waals surface area contributed by atoms with E-state index in [0.29, 0.717) is 12.8 Å². The number of benzene rings is 4. The lowest BCUT2D eigenvalue weighted by Gasteiger charge is -2.10. The second-order valence-electron chi connectivity index (χ2n) is 7.68. The van der Waals surface area contributed by atoms with Crippen molar-refractivity contribution in [3.05, 3.63) is 155 Å². The summed E-state index contributed by atoms with van der Waals surface area (Å²) in [7, 11) is 0. The molecule has 0 aliphatic rings. The lowest BCUT2D eigenvalue weighted by atomic mass is 9.92. The minimum Gasteiger partial charge on any atom is -0.289 e. The van der Waals surface area contributed by atoms with Crippen LogP contribution >= 0.6 is 0 Å². The smallest absolute Gasteiger partial charge is 0.193 e. The summed E-state index contributed by atoms with van der Waals surface area (Å²) < 4.78 is 0. The van der Waals surface area contributed by atoms with E-state index in [9.17, 15) is 4.79 Å². The molecule has 0 heterocycles. The Balaban J connectivity index is 1.53. The van der Waals surface area contributed by atoms with Crippen molar-refractivity contribution in [2.45, 2.75) is 12.8 Å². The van der Waals surface area contributed by atoms with E-state index in [1.165, 1.54) is 0 Å². The molecule has 156 valence electrons. The molecule has 4 aromatic rings. The molecular weight excluding hydrogens is 388 g/mol. The SMILES string of the molecule is O=C(c1ccccc1C/C=C/c1ccccc1)c1ccccc1C/C=C/c1ccccc1. The lowest BCUT2D eigenvalue weighted by molar-refractivity contribution is 0.103. The minimum absolute atomic E-state index is 0.0809. The molecule has 0 saturated heterocycles. The number of carbonyl (C=O) groups excluding carboxylic acids is 1. The zero-order chi connectivity index (χ0) is 22.0. The standard InChI is InChI=1S/C31H26O/c32-31(29-23-9-7-19-27(29)21-11-17-25-13-3-1-4-14-25)30-24-10-8-20-28(30)22-12-18-26-15-5-2-6-16-26/h1-20,23-24H,21-22H2/b17-11+,18-12+. The van der Waals surface area contributed by atoms with Crippen LogP contribution < -0.4 is 0 Å². The van der Waals surface area contributed by atoms with Gasteiger partial charge in [0, 0.05) is 11.1 Å². The number of rotatable bonds is 8. The second kappa shape index (κ2) is 10.9. The van der Waals surface area contributed by atoms with Gasteiger partial charge in [-0.2, -0.15) is 0 Å². The van der Waals surface area contributed by atoms with Crippen LogP contribution in [0.2, 0.25) is 0 Å². The summed E-state index contributed by atoms with van der Waals surface area (Å²) in [6.07, 6.45) is 9.87. The van der Waals surface area contributed by atoms with Gasteiger partial charge in [-0.1, -0.05) is 133 Å². The third-order valence-corrected chi connectivity index (χ3v) is 5.42. The molecule has 0 aliphatic heterocycles. The van der Waals surface area contributed by atoms with Crippen LogP contribution in [-0.2, 0) is 12.8 Å². The van der Waals surface area contributed by atoms with Gasteiger partial charge in [0.2, 0.25) is 0 Å². The molecular formula is C31H26O. The maximum atomic E-state index is 13.5. The highest BCUT2D eigenvalue weighted by Gasteiger charge is 2.15. The topological polar surface area (TPSA) is 17.1 Å². The molecule has 0 spiro atoms. The van der Waals surface area contributed by atoms with Gasteiger partial charge >= 0.3 is 0 Å². The van der Waals surface area contributed by atoms with Crippen molar-refractivity contribution >= 4 is 17.9 Å². The average molecular weight is 415 g/mol. The molecule has 0 saturated carbocycles. The second-order valence-corrected chi connectivity index (χ2v) is 7.68. The fraction of sp³-hybridized carbons (Fsp3) is 0.0645. The van der Waals surface area contributed by atoms with Gasteiger partial charge in [0.1, 0.15) is 0 Å². The van der Waals surface area contributed by atoms with Gasteiger partial charge in [0.15, 0.2) is 5.78 Å². The summed E-state index contributed by atoms with van der Waals surface area (Å²) in [5.41, 5.74) is 5.94. The molecule has 4 rings (SSSR count). The minimum atomic E-state index is 0.0809. The Hall–Kier alpha value is -3.97. The zero-order valence-electron chi connectivity index (χ0n) is 18.0. The van der Waals surface area contributed by atoms with Gasteiger partial charge in [-0.25, -0.2) is 0 Å². The van der Waals surface area contributed by atoms with Crippen molar-refractivity contribution in [2.24, 2.45) is 0 Å². The molecule has 1 heteroatoms. The first-order valence-electron chi connectivity index (χ1n) is 10.9. The van der Waals surface area contributed by atoms with Crippen LogP contribution in [0, 0.1) is 0 Å². The Labute approximate surface area is 190 Å². The molecule has 0 amide bonds. The first-order valence-corrected chi connectivity index (χ1v) is 10.9. The van der Waals surface area contributed by atoms with Crippen LogP contribution in [0.15, 0.2) is 121 Å². The van der Waals surface area contributed by atoms with Crippen LogP contribution in [0.1, 0.15) is 38.2 Å². The predicted octanol–water partition coefficient (Wildman–Crippen LogP) is 7.43. The van der Waals surface area contributed by atoms with Crippen LogP contribution in [-0.4, -0.2) is 5.78 Å². The van der Waals surface area contributed by atoms with Gasteiger partial charge in [-0.15, -0.1) is 0 Å². The number of carbonyl (C=O) groups is 1. The van der Waals surface area contributed by atoms with Gasteiger partial charge < -0.3 is 0 Å². The van der Waals surface area contributed by atoms with E-state index < -0.39 is 0 Å². The van der Waals surface area contributed by atoms with Gasteiger partial charge in [0.05, 0.1) is 0 Å². The lowest BCUT2D eigenvalue weighted by Crippen LogP contribution is -2.08. The molecule has 0 aromatic heterocycles. The monoisotopic (exact) mass is 414 g/mol. The van der Waals surface area contributed by atoms with Crippen LogP contribution in [0.25, 0.3) is 12.2 Å². The largest absolute Gasteiger partial charge is 0.289 e. The van der Waals surface area contributed by atoms with E-state index in [1.807, 2.05) is 84.9 Å². The van der Waals surface area contributed by atoms with Gasteiger partial charge in [0.25, 0.3) is 0 Å². The molecule has 0 aliphatic carbocycles. The molecule has 0 bridgehead atoms. The Morgan fingerprint density at radius 1 is 0.500 bits per heavy atom. The molecule has 0 unspecified atom stereocenters. The molecule has 32 heavy (non-hydrogen) atoms. The molecule has 0 atom stereocenters. The summed E-state index contributed by atoms with van der Waals surface area (Å²) in [5, 5.41) is 0. The quantitative estimate of drug-likeness (QED) is 0.274. The first kappa shape index (κ1) is 21.3. The van der Waals surface area contributed by atoms with E-state index in [-0.39, 0.29) is 5.78 Å².